The van der Waals surface area contributed by atoms with E-state index in [4.69, 9.17) is 15.0 Å². The molecule has 1 heterocycles. The zero-order valence-corrected chi connectivity index (χ0v) is 60.6. The second kappa shape index (κ2) is 24.8. The SMILES string of the molecule is Cc1cc(C)c(-c2c3ccccc3c(-c3ccc4ccccc4c3)c3ccccc23)c(C)c1-c1nc(-c2c(C)cc(C)c(-c3c4ccccc4c(-c4ccc5ccccc5c4)c4ccccc34)c2C)nc(-c2c(C)cc(C)c(-c3c4ccccc4c(-c4ccc5ccccc5c4)c4ccccc34)c2C)n1. The molecule has 0 saturated carbocycles. The fraction of sp³-hybridized carbons (Fsp3) is 0.0882. The average Bonchev–Trinajstić information content (AvgIpc) is 0.732. The molecule has 19 aromatic rings. The zero-order chi connectivity index (χ0) is 71.0. The number of nitrogens with zero attached hydrogens (tertiary/aromatic N) is 3. The molecule has 0 aliphatic rings. The summed E-state index contributed by atoms with van der Waals surface area (Å²) in [6.45, 7) is 20.5. The van der Waals surface area contributed by atoms with Crippen molar-refractivity contribution in [1.82, 2.24) is 15.0 Å². The molecule has 0 aliphatic heterocycles. The molecule has 105 heavy (non-hydrogen) atoms. The normalized spacial score (nSPS) is 11.9. The Bertz CT molecular complexity index is 6100. The van der Waals surface area contributed by atoms with Gasteiger partial charge in [-0.15, -0.1) is 0 Å². The Morgan fingerprint density at radius 1 is 0.152 bits per heavy atom. The molecule has 0 saturated heterocycles. The lowest BCUT2D eigenvalue weighted by molar-refractivity contribution is 1.05. The Hall–Kier alpha value is -12.7. The molecule has 0 amide bonds. The Morgan fingerprint density at radius 2 is 0.333 bits per heavy atom. The fourth-order valence-electron chi connectivity index (χ4n) is 18.6. The van der Waals surface area contributed by atoms with Gasteiger partial charge in [0.15, 0.2) is 17.5 Å². The van der Waals surface area contributed by atoms with Crippen LogP contribution in [0.3, 0.4) is 0 Å². The predicted octanol–water partition coefficient (Wildman–Crippen LogP) is 28.0. The van der Waals surface area contributed by atoms with Crippen molar-refractivity contribution >= 4 is 97.0 Å². The molecule has 0 bridgehead atoms. The van der Waals surface area contributed by atoms with Crippen molar-refractivity contribution in [3.63, 3.8) is 0 Å². The zero-order valence-electron chi connectivity index (χ0n) is 60.6. The van der Waals surface area contributed by atoms with Crippen LogP contribution in [-0.4, -0.2) is 15.0 Å². The third-order valence-corrected chi connectivity index (χ3v) is 22.9. The summed E-state index contributed by atoms with van der Waals surface area (Å²) in [6.07, 6.45) is 0. The van der Waals surface area contributed by atoms with Crippen molar-refractivity contribution < 1.29 is 0 Å². The lowest BCUT2D eigenvalue weighted by atomic mass is 9.81. The van der Waals surface area contributed by atoms with Gasteiger partial charge >= 0.3 is 0 Å². The van der Waals surface area contributed by atoms with Crippen LogP contribution >= 0.6 is 0 Å². The molecule has 0 radical (unpaired) electrons. The Kier molecular flexibility index (Phi) is 14.9. The molecule has 19 rings (SSSR count). The number of rotatable bonds is 9. The van der Waals surface area contributed by atoms with Gasteiger partial charge in [0.2, 0.25) is 0 Å². The number of aromatic nitrogens is 3. The highest BCUT2D eigenvalue weighted by Crippen LogP contribution is 2.53. The van der Waals surface area contributed by atoms with Crippen LogP contribution in [-0.2, 0) is 0 Å². The molecule has 18 aromatic carbocycles. The molecular weight excluding hydrogens is 1270 g/mol. The molecule has 3 nitrogen and oxygen atoms in total. The molecule has 3 heteroatoms. The average molecular weight is 1340 g/mol. The topological polar surface area (TPSA) is 38.7 Å². The van der Waals surface area contributed by atoms with Gasteiger partial charge in [-0.3, -0.25) is 0 Å². The van der Waals surface area contributed by atoms with E-state index < -0.39 is 0 Å². The fourth-order valence-corrected chi connectivity index (χ4v) is 18.6. The van der Waals surface area contributed by atoms with Crippen LogP contribution in [0.5, 0.6) is 0 Å². The first kappa shape index (κ1) is 63.2. The maximum Gasteiger partial charge on any atom is 0.164 e. The van der Waals surface area contributed by atoms with E-state index in [2.05, 4.69) is 353 Å². The molecule has 0 unspecified atom stereocenters. The first-order chi connectivity index (χ1) is 51.3. The van der Waals surface area contributed by atoms with Gasteiger partial charge in [-0.2, -0.15) is 0 Å². The van der Waals surface area contributed by atoms with E-state index in [1.54, 1.807) is 0 Å². The van der Waals surface area contributed by atoms with Crippen molar-refractivity contribution in [3.8, 4) is 101 Å². The van der Waals surface area contributed by atoms with Gasteiger partial charge in [-0.05, 0) is 294 Å². The van der Waals surface area contributed by atoms with Gasteiger partial charge in [0.1, 0.15) is 0 Å². The summed E-state index contributed by atoms with van der Waals surface area (Å²) in [5, 5.41) is 21.8. The largest absolute Gasteiger partial charge is 0.208 e. The Labute approximate surface area is 612 Å². The van der Waals surface area contributed by atoms with E-state index in [1.165, 1.54) is 180 Å². The van der Waals surface area contributed by atoms with Gasteiger partial charge in [0.05, 0.1) is 0 Å². The van der Waals surface area contributed by atoms with E-state index in [9.17, 15) is 0 Å². The van der Waals surface area contributed by atoms with Gasteiger partial charge < -0.3 is 0 Å². The van der Waals surface area contributed by atoms with Crippen LogP contribution in [0.4, 0.5) is 0 Å². The first-order valence-corrected chi connectivity index (χ1v) is 36.7. The molecule has 1 aromatic heterocycles. The van der Waals surface area contributed by atoms with Crippen molar-refractivity contribution in [1.29, 1.82) is 0 Å². The lowest BCUT2D eigenvalue weighted by Crippen LogP contribution is -2.08. The molecular formula is C102H75N3. The predicted molar refractivity (Wildman–Crippen MR) is 449 cm³/mol. The molecule has 0 fully saturated rings. The summed E-state index contributed by atoms with van der Waals surface area (Å²) in [5.41, 5.74) is 27.7. The Balaban J connectivity index is 0.877. The summed E-state index contributed by atoms with van der Waals surface area (Å²) < 4.78 is 0. The van der Waals surface area contributed by atoms with Crippen LogP contribution in [0, 0.1) is 62.3 Å². The lowest BCUT2D eigenvalue weighted by Gasteiger charge is -2.24. The van der Waals surface area contributed by atoms with Crippen molar-refractivity contribution in [2.75, 3.05) is 0 Å². The number of hydrogen-bond donors (Lipinski definition) is 0. The van der Waals surface area contributed by atoms with E-state index in [1.807, 2.05) is 0 Å². The van der Waals surface area contributed by atoms with Gasteiger partial charge in [-0.25, -0.2) is 15.0 Å². The smallest absolute Gasteiger partial charge is 0.164 e. The second-order valence-electron chi connectivity index (χ2n) is 29.2. The standard InChI is InChI=1S/C102H75N3/c1-58-52-61(4)91(64(7)88(58)97-82-40-22-16-34-76(82)94(77-35-17-23-41-83(77)97)73-49-46-67-28-10-13-31-70(67)55-73)100-103-101(92-62(5)53-59(2)89(65(92)8)98-84-42-24-18-36-78(84)95(79-37-19-25-43-85(79)98)74-50-47-68-29-11-14-32-71(68)56-74)105-102(104-100)93-63(6)54-60(3)90(66(93)9)99-86-44-26-20-38-80(86)96(81-39-21-27-45-87(81)99)75-51-48-69-30-12-15-33-72(69)57-75/h10-57H,1-9H3. The van der Waals surface area contributed by atoms with Crippen LogP contribution in [0.2, 0.25) is 0 Å². The number of fused-ring (bicyclic) bond motifs is 9. The highest BCUT2D eigenvalue weighted by molar-refractivity contribution is 6.26. The third-order valence-electron chi connectivity index (χ3n) is 22.9. The van der Waals surface area contributed by atoms with Crippen LogP contribution in [0.15, 0.2) is 291 Å². The highest BCUT2D eigenvalue weighted by Gasteiger charge is 2.30. The second-order valence-corrected chi connectivity index (χ2v) is 29.2. The van der Waals surface area contributed by atoms with Gasteiger partial charge in [0, 0.05) is 16.7 Å². The third kappa shape index (κ3) is 10.0. The molecule has 0 atom stereocenters. The van der Waals surface area contributed by atoms with Crippen molar-refractivity contribution in [2.24, 2.45) is 0 Å². The minimum Gasteiger partial charge on any atom is -0.208 e. The summed E-state index contributed by atoms with van der Waals surface area (Å²) in [7, 11) is 0. The van der Waals surface area contributed by atoms with E-state index in [0.717, 1.165) is 50.1 Å². The first-order valence-electron chi connectivity index (χ1n) is 36.7. The summed E-state index contributed by atoms with van der Waals surface area (Å²) >= 11 is 0. The number of benzene rings is 18. The number of hydrogen-bond acceptors (Lipinski definition) is 3. The summed E-state index contributed by atoms with van der Waals surface area (Å²) in [5.74, 6) is 1.92. The maximum atomic E-state index is 5.95. The van der Waals surface area contributed by atoms with Crippen LogP contribution in [0.25, 0.3) is 198 Å². The summed E-state index contributed by atoms with van der Waals surface area (Å²) in [6, 6.07) is 108. The van der Waals surface area contributed by atoms with Crippen LogP contribution in [0.1, 0.15) is 50.1 Å². The van der Waals surface area contributed by atoms with Gasteiger partial charge in [0.25, 0.3) is 0 Å². The molecule has 0 N–H and O–H groups in total. The number of aryl methyl sites for hydroxylation is 6. The molecule has 0 spiro atoms. The highest BCUT2D eigenvalue weighted by atomic mass is 15.0. The quantitative estimate of drug-likeness (QED) is 0.135. The molecule has 498 valence electrons. The minimum absolute atomic E-state index is 0.640. The maximum absolute atomic E-state index is 5.95. The van der Waals surface area contributed by atoms with Crippen molar-refractivity contribution in [3.05, 3.63) is 341 Å². The van der Waals surface area contributed by atoms with Crippen molar-refractivity contribution in [2.45, 2.75) is 62.3 Å². The van der Waals surface area contributed by atoms with Crippen LogP contribution < -0.4 is 0 Å². The monoisotopic (exact) mass is 1340 g/mol. The van der Waals surface area contributed by atoms with E-state index in [-0.39, 0.29) is 0 Å². The van der Waals surface area contributed by atoms with E-state index >= 15 is 0 Å². The Morgan fingerprint density at radius 3 is 0.552 bits per heavy atom. The van der Waals surface area contributed by atoms with Gasteiger partial charge in [-0.1, -0.05) is 273 Å². The summed E-state index contributed by atoms with van der Waals surface area (Å²) in [4.78, 5) is 17.9. The minimum atomic E-state index is 0.640. The molecule has 0 aliphatic carbocycles. The van der Waals surface area contributed by atoms with E-state index in [0.29, 0.717) is 17.5 Å².